The normalized spacial score (nSPS) is 16.7. The summed E-state index contributed by atoms with van der Waals surface area (Å²) in [5.41, 5.74) is 0.954. The molecular weight excluding hydrogens is 680 g/mol. The summed E-state index contributed by atoms with van der Waals surface area (Å²) in [5.74, 6) is -2.17. The van der Waals surface area contributed by atoms with E-state index < -0.39 is 45.0 Å². The Balaban J connectivity index is 1.27. The van der Waals surface area contributed by atoms with Crippen LogP contribution >= 0.6 is 11.6 Å². The third kappa shape index (κ3) is 7.42. The van der Waals surface area contributed by atoms with Crippen molar-refractivity contribution in [3.63, 3.8) is 0 Å². The molecule has 15 heteroatoms. The van der Waals surface area contributed by atoms with Crippen LogP contribution in [0.5, 0.6) is 5.75 Å². The summed E-state index contributed by atoms with van der Waals surface area (Å²) in [6.45, 7) is 6.48. The van der Waals surface area contributed by atoms with E-state index in [-0.39, 0.29) is 39.4 Å². The molecule has 2 N–H and O–H groups in total. The summed E-state index contributed by atoms with van der Waals surface area (Å²) < 4.78 is 76.9. The first-order valence-corrected chi connectivity index (χ1v) is 17.8. The van der Waals surface area contributed by atoms with Gasteiger partial charge >= 0.3 is 5.97 Å². The summed E-state index contributed by atoms with van der Waals surface area (Å²) in [5, 5.41) is 4.05. The molecule has 1 aromatic heterocycles. The Labute approximate surface area is 288 Å². The van der Waals surface area contributed by atoms with Crippen molar-refractivity contribution in [1.29, 1.82) is 0 Å². The molecule has 2 aliphatic rings. The molecule has 1 atom stereocenters. The van der Waals surface area contributed by atoms with Gasteiger partial charge in [-0.3, -0.25) is 9.52 Å². The highest BCUT2D eigenvalue weighted by Gasteiger charge is 2.34. The minimum absolute atomic E-state index is 0.0363. The number of anilines is 2. The molecule has 2 aliphatic heterocycles. The number of nitrogens with zero attached hydrogens (tertiary/aromatic N) is 3. The van der Waals surface area contributed by atoms with Crippen LogP contribution in [-0.4, -0.2) is 75.3 Å². The Kier molecular flexibility index (Phi) is 10.2. The summed E-state index contributed by atoms with van der Waals surface area (Å²) in [6.07, 6.45) is 3.14. The molecule has 1 saturated heterocycles. The second-order valence-corrected chi connectivity index (χ2v) is 14.1. The van der Waals surface area contributed by atoms with Gasteiger partial charge in [0.25, 0.3) is 10.0 Å². The lowest BCUT2D eigenvalue weighted by Gasteiger charge is -2.32. The van der Waals surface area contributed by atoms with Crippen molar-refractivity contribution < 1.29 is 36.2 Å². The molecule has 0 amide bonds. The molecule has 6 rings (SSSR count). The molecule has 3 heterocycles. The number of carbonyl (C=O) groups is 1. The minimum Gasteiger partial charge on any atom is -0.487 e. The highest BCUT2D eigenvalue weighted by molar-refractivity contribution is 7.92. The first-order chi connectivity index (χ1) is 23.5. The molecule has 0 unspecified atom stereocenters. The van der Waals surface area contributed by atoms with Crippen molar-refractivity contribution in [3.8, 4) is 16.9 Å². The van der Waals surface area contributed by atoms with Crippen LogP contribution in [0.1, 0.15) is 43.9 Å². The Morgan fingerprint density at radius 3 is 2.65 bits per heavy atom. The first-order valence-electron chi connectivity index (χ1n) is 15.9. The largest absolute Gasteiger partial charge is 0.487 e. The van der Waals surface area contributed by atoms with E-state index in [4.69, 9.17) is 30.8 Å². The lowest BCUT2D eigenvalue weighted by atomic mass is 9.97. The number of carbonyl (C=O) groups excluding carboxylic acids is 1. The van der Waals surface area contributed by atoms with Gasteiger partial charge in [-0.25, -0.2) is 27.2 Å². The number of rotatable bonds is 11. The topological polar surface area (TPSA) is 132 Å². The zero-order valence-corrected chi connectivity index (χ0v) is 28.8. The van der Waals surface area contributed by atoms with Crippen LogP contribution in [0.25, 0.3) is 22.0 Å². The summed E-state index contributed by atoms with van der Waals surface area (Å²) in [7, 11) is -2.82. The molecule has 49 heavy (non-hydrogen) atoms. The van der Waals surface area contributed by atoms with Gasteiger partial charge in [-0.15, -0.1) is 0 Å². The molecule has 3 aromatic carbocycles. The zero-order valence-electron chi connectivity index (χ0n) is 27.2. The molecule has 4 aromatic rings. The van der Waals surface area contributed by atoms with Crippen LogP contribution in [0.4, 0.5) is 20.4 Å². The fourth-order valence-corrected chi connectivity index (χ4v) is 7.78. The molecule has 0 bridgehead atoms. The van der Waals surface area contributed by atoms with Crippen LogP contribution in [0, 0.1) is 11.6 Å². The molecule has 260 valence electrons. The Hall–Kier alpha value is -4.11. The SMILES string of the molecule is CCc1cc(-c2c(F)ccc(NS(=O)(=O)c3cc(Cl)cc4c3OC[C@H]4OC(C)=O)c2F)cc2cnc(NC3CCN(CCOC)CC3)nc12. The summed E-state index contributed by atoms with van der Waals surface area (Å²) in [4.78, 5) is 22.8. The molecular formula is C34H36ClF2N5O6S. The van der Waals surface area contributed by atoms with Gasteiger partial charge in [0.1, 0.15) is 23.1 Å². The van der Waals surface area contributed by atoms with E-state index in [0.29, 0.717) is 29.9 Å². The number of esters is 1. The molecule has 0 saturated carbocycles. The number of fused-ring (bicyclic) bond motifs is 2. The van der Waals surface area contributed by atoms with E-state index >= 15 is 8.78 Å². The van der Waals surface area contributed by atoms with Gasteiger partial charge in [0.2, 0.25) is 5.95 Å². The zero-order chi connectivity index (χ0) is 34.9. The van der Waals surface area contributed by atoms with Crippen molar-refractivity contribution in [3.05, 3.63) is 70.4 Å². The molecule has 1 fully saturated rings. The average molecular weight is 716 g/mol. The molecule has 0 spiro atoms. The van der Waals surface area contributed by atoms with Gasteiger partial charge in [0, 0.05) is 61.9 Å². The molecule has 0 aliphatic carbocycles. The summed E-state index contributed by atoms with van der Waals surface area (Å²) >= 11 is 6.22. The maximum Gasteiger partial charge on any atom is 0.303 e. The van der Waals surface area contributed by atoms with Crippen molar-refractivity contribution in [2.75, 3.05) is 50.0 Å². The van der Waals surface area contributed by atoms with Crippen LogP contribution in [-0.2, 0) is 30.7 Å². The van der Waals surface area contributed by atoms with Crippen molar-refractivity contribution >= 4 is 50.1 Å². The van der Waals surface area contributed by atoms with E-state index in [1.54, 1.807) is 25.4 Å². The highest BCUT2D eigenvalue weighted by Crippen LogP contribution is 2.43. The van der Waals surface area contributed by atoms with E-state index in [1.807, 2.05) is 6.92 Å². The number of ether oxygens (including phenoxy) is 3. The van der Waals surface area contributed by atoms with Crippen LogP contribution < -0.4 is 14.8 Å². The van der Waals surface area contributed by atoms with Gasteiger partial charge in [0.05, 0.1) is 23.4 Å². The second kappa shape index (κ2) is 14.4. The van der Waals surface area contributed by atoms with E-state index in [0.717, 1.165) is 56.2 Å². The molecule has 11 nitrogen and oxygen atoms in total. The van der Waals surface area contributed by atoms with Crippen molar-refractivity contribution in [2.24, 2.45) is 0 Å². The Morgan fingerprint density at radius 1 is 1.16 bits per heavy atom. The van der Waals surface area contributed by atoms with Crippen LogP contribution in [0.15, 0.2) is 47.5 Å². The number of piperidine rings is 1. The average Bonchev–Trinajstić information content (AvgIpc) is 3.46. The number of sulfonamides is 1. The molecule has 0 radical (unpaired) electrons. The predicted molar refractivity (Wildman–Crippen MR) is 181 cm³/mol. The maximum absolute atomic E-state index is 16.1. The van der Waals surface area contributed by atoms with Gasteiger partial charge in [-0.1, -0.05) is 18.5 Å². The van der Waals surface area contributed by atoms with Crippen LogP contribution in [0.2, 0.25) is 5.02 Å². The predicted octanol–water partition coefficient (Wildman–Crippen LogP) is 6.11. The first kappa shape index (κ1) is 34.7. The quantitative estimate of drug-likeness (QED) is 0.175. The Morgan fingerprint density at radius 2 is 1.94 bits per heavy atom. The van der Waals surface area contributed by atoms with E-state index in [9.17, 15) is 13.2 Å². The van der Waals surface area contributed by atoms with Gasteiger partial charge < -0.3 is 24.4 Å². The summed E-state index contributed by atoms with van der Waals surface area (Å²) in [6, 6.07) is 8.03. The number of hydrogen-bond donors (Lipinski definition) is 2. The maximum atomic E-state index is 16.1. The number of nitrogens with one attached hydrogen (secondary N) is 2. The monoisotopic (exact) mass is 715 g/mol. The van der Waals surface area contributed by atoms with E-state index in [2.05, 4.69) is 19.9 Å². The smallest absolute Gasteiger partial charge is 0.303 e. The third-order valence-corrected chi connectivity index (χ3v) is 10.3. The number of aromatic nitrogens is 2. The fourth-order valence-electron chi connectivity index (χ4n) is 6.23. The number of aryl methyl sites for hydroxylation is 1. The van der Waals surface area contributed by atoms with E-state index in [1.165, 1.54) is 13.0 Å². The minimum atomic E-state index is -4.52. The van der Waals surface area contributed by atoms with Crippen molar-refractivity contribution in [1.82, 2.24) is 14.9 Å². The second-order valence-electron chi connectivity index (χ2n) is 12.0. The number of hydrogen-bond acceptors (Lipinski definition) is 10. The number of methoxy groups -OCH3 is 1. The highest BCUT2D eigenvalue weighted by atomic mass is 35.5. The lowest BCUT2D eigenvalue weighted by Crippen LogP contribution is -2.40. The van der Waals surface area contributed by atoms with Gasteiger partial charge in [-0.2, -0.15) is 0 Å². The van der Waals surface area contributed by atoms with Crippen LogP contribution in [0.3, 0.4) is 0 Å². The Bertz CT molecular complexity index is 2010. The number of benzene rings is 3. The third-order valence-electron chi connectivity index (χ3n) is 8.67. The number of halogens is 3. The van der Waals surface area contributed by atoms with Gasteiger partial charge in [0.15, 0.2) is 11.9 Å². The van der Waals surface area contributed by atoms with Gasteiger partial charge in [-0.05, 0) is 66.8 Å². The lowest BCUT2D eigenvalue weighted by molar-refractivity contribution is -0.147. The fraction of sp³-hybridized carbons (Fsp3) is 0.382. The van der Waals surface area contributed by atoms with Crippen molar-refractivity contribution in [2.45, 2.75) is 50.2 Å². The standard InChI is InChI=1S/C34H36ClF2N5O6S/c1-4-20-13-21(14-22-17-38-34(40-32(20)22)39-24-7-9-42(10-8-24)11-12-46-3)30-26(36)5-6-27(31(30)37)41-49(44,45)29-16-23(35)15-25-28(48-19(2)43)18-47-33(25)29/h5-6,13-17,24,28,41H,4,7-12,18H2,1-3H3,(H,38,39,40)/t28-/m1/s1. The number of likely N-dealkylation sites (tertiary alicyclic amines) is 1.